The Morgan fingerprint density at radius 1 is 1.50 bits per heavy atom. The first kappa shape index (κ1) is 14.8. The minimum absolute atomic E-state index is 0.0667. The number of nitrogens with zero attached hydrogens (tertiary/aromatic N) is 1. The average molecular weight is 281 g/mol. The molecule has 7 heteroatoms. The molecule has 0 aliphatic heterocycles. The fraction of sp³-hybridized carbons (Fsp3) is 0.455. The maximum absolute atomic E-state index is 12.3. The van der Waals surface area contributed by atoms with Crippen molar-refractivity contribution >= 4 is 17.5 Å². The van der Waals surface area contributed by atoms with Gasteiger partial charge in [0.15, 0.2) is 0 Å². The van der Waals surface area contributed by atoms with Gasteiger partial charge in [-0.25, -0.2) is 0 Å². The second kappa shape index (κ2) is 6.04. The van der Waals surface area contributed by atoms with Crippen LogP contribution in [0.15, 0.2) is 18.3 Å². The molecule has 3 nitrogen and oxygen atoms in total. The first-order valence-electron chi connectivity index (χ1n) is 5.30. The number of carbonyl (C=O) groups is 1. The summed E-state index contributed by atoms with van der Waals surface area (Å²) in [5.41, 5.74) is -0.953. The molecule has 1 rings (SSSR count). The van der Waals surface area contributed by atoms with E-state index in [0.29, 0.717) is 12.6 Å². The molecular formula is C11H12ClF3N2O. The number of hydrogen-bond donors (Lipinski definition) is 1. The lowest BCUT2D eigenvalue weighted by molar-refractivity contribution is -0.137. The molecule has 1 atom stereocenters. The van der Waals surface area contributed by atoms with Gasteiger partial charge in [0.2, 0.25) is 0 Å². The summed E-state index contributed by atoms with van der Waals surface area (Å²) in [6.07, 6.45) is -3.14. The molecule has 0 radical (unpaired) electrons. The maximum Gasteiger partial charge on any atom is 0.417 e. The van der Waals surface area contributed by atoms with Crippen LogP contribution in [0.5, 0.6) is 0 Å². The highest BCUT2D eigenvalue weighted by Gasteiger charge is 2.30. The molecule has 100 valence electrons. The third-order valence-corrected chi connectivity index (χ3v) is 2.71. The van der Waals surface area contributed by atoms with E-state index in [1.54, 1.807) is 0 Å². The topological polar surface area (TPSA) is 42.0 Å². The van der Waals surface area contributed by atoms with Gasteiger partial charge < -0.3 is 5.32 Å². The van der Waals surface area contributed by atoms with Gasteiger partial charge in [-0.15, -0.1) is 11.6 Å². The number of carbonyl (C=O) groups excluding carboxylic acids is 1. The lowest BCUT2D eigenvalue weighted by Crippen LogP contribution is -2.30. The fourth-order valence-electron chi connectivity index (χ4n) is 1.13. The maximum atomic E-state index is 12.3. The van der Waals surface area contributed by atoms with Crippen molar-refractivity contribution in [1.82, 2.24) is 10.3 Å². The first-order chi connectivity index (χ1) is 8.34. The molecule has 0 aliphatic carbocycles. The summed E-state index contributed by atoms with van der Waals surface area (Å²) in [7, 11) is 0. The zero-order chi connectivity index (χ0) is 13.8. The minimum atomic E-state index is -4.45. The normalized spacial score (nSPS) is 13.2. The van der Waals surface area contributed by atoms with Crippen LogP contribution in [-0.2, 0) is 6.18 Å². The predicted molar refractivity (Wildman–Crippen MR) is 61.5 cm³/mol. The highest BCUT2D eigenvalue weighted by molar-refractivity contribution is 6.20. The molecule has 1 unspecified atom stereocenters. The van der Waals surface area contributed by atoms with Crippen LogP contribution in [0.25, 0.3) is 0 Å². The van der Waals surface area contributed by atoms with Gasteiger partial charge in [-0.2, -0.15) is 13.2 Å². The van der Waals surface area contributed by atoms with Crippen molar-refractivity contribution in [2.45, 2.75) is 24.9 Å². The predicted octanol–water partition coefficient (Wildman–Crippen LogP) is 2.85. The van der Waals surface area contributed by atoms with Gasteiger partial charge in [0.25, 0.3) is 5.91 Å². The standard InChI is InChI=1S/C11H12ClF3N2O/c1-2-8(12)6-17-10(18)9-4-3-7(5-16-9)11(13,14)15/h3-5,8H,2,6H2,1H3,(H,17,18). The van der Waals surface area contributed by atoms with E-state index in [1.807, 2.05) is 6.92 Å². The van der Waals surface area contributed by atoms with E-state index in [2.05, 4.69) is 10.3 Å². The Hall–Kier alpha value is -1.30. The van der Waals surface area contributed by atoms with Gasteiger partial charge in [-0.05, 0) is 18.6 Å². The van der Waals surface area contributed by atoms with Crippen molar-refractivity contribution in [3.05, 3.63) is 29.6 Å². The van der Waals surface area contributed by atoms with Gasteiger partial charge in [0.05, 0.1) is 10.9 Å². The molecular weight excluding hydrogens is 269 g/mol. The molecule has 18 heavy (non-hydrogen) atoms. The monoisotopic (exact) mass is 280 g/mol. The van der Waals surface area contributed by atoms with Crippen molar-refractivity contribution in [1.29, 1.82) is 0 Å². The van der Waals surface area contributed by atoms with Crippen molar-refractivity contribution in [3.63, 3.8) is 0 Å². The van der Waals surface area contributed by atoms with Crippen LogP contribution >= 0.6 is 11.6 Å². The molecule has 0 spiro atoms. The Labute approximate surface area is 107 Å². The molecule has 0 aromatic carbocycles. The number of amides is 1. The Bertz CT molecular complexity index is 406. The molecule has 0 fully saturated rings. The second-order valence-electron chi connectivity index (χ2n) is 3.65. The van der Waals surface area contributed by atoms with Crippen molar-refractivity contribution < 1.29 is 18.0 Å². The number of rotatable bonds is 4. The van der Waals surface area contributed by atoms with Gasteiger partial charge in [0.1, 0.15) is 5.69 Å². The van der Waals surface area contributed by atoms with Gasteiger partial charge in [0, 0.05) is 12.7 Å². The van der Waals surface area contributed by atoms with E-state index in [1.165, 1.54) is 0 Å². The first-order valence-corrected chi connectivity index (χ1v) is 5.73. The third kappa shape index (κ3) is 4.18. The lowest BCUT2D eigenvalue weighted by atomic mass is 10.2. The molecule has 0 saturated heterocycles. The SMILES string of the molecule is CCC(Cl)CNC(=O)c1ccc(C(F)(F)F)cn1. The Balaban J connectivity index is 2.65. The Morgan fingerprint density at radius 3 is 2.61 bits per heavy atom. The number of aromatic nitrogens is 1. The highest BCUT2D eigenvalue weighted by Crippen LogP contribution is 2.28. The van der Waals surface area contributed by atoms with E-state index in [4.69, 9.17) is 11.6 Å². The third-order valence-electron chi connectivity index (χ3n) is 2.25. The molecule has 0 bridgehead atoms. The summed E-state index contributed by atoms with van der Waals surface area (Å²) in [4.78, 5) is 15.0. The molecule has 1 aromatic heterocycles. The van der Waals surface area contributed by atoms with Gasteiger partial charge in [-0.1, -0.05) is 6.92 Å². The van der Waals surface area contributed by atoms with Crippen molar-refractivity contribution in [2.24, 2.45) is 0 Å². The van der Waals surface area contributed by atoms with Crippen LogP contribution in [-0.4, -0.2) is 22.8 Å². The number of alkyl halides is 4. The number of pyridine rings is 1. The average Bonchev–Trinajstić information content (AvgIpc) is 2.34. The van der Waals surface area contributed by atoms with Crippen molar-refractivity contribution in [3.8, 4) is 0 Å². The second-order valence-corrected chi connectivity index (χ2v) is 4.26. The van der Waals surface area contributed by atoms with Gasteiger partial charge in [-0.3, -0.25) is 9.78 Å². The Kier molecular flexibility index (Phi) is 4.95. The molecule has 1 N–H and O–H groups in total. The van der Waals surface area contributed by atoms with Crippen LogP contribution in [0.3, 0.4) is 0 Å². The van der Waals surface area contributed by atoms with Crippen LogP contribution in [0.2, 0.25) is 0 Å². The molecule has 0 aliphatic rings. The van der Waals surface area contributed by atoms with Crippen molar-refractivity contribution in [2.75, 3.05) is 6.54 Å². The number of hydrogen-bond acceptors (Lipinski definition) is 2. The molecule has 0 saturated carbocycles. The van der Waals surface area contributed by atoms with Crippen LogP contribution in [0.1, 0.15) is 29.4 Å². The van der Waals surface area contributed by atoms with Crippen LogP contribution in [0, 0.1) is 0 Å². The summed E-state index contributed by atoms with van der Waals surface area (Å²) in [5.74, 6) is -0.539. The summed E-state index contributed by atoms with van der Waals surface area (Å²) in [6.45, 7) is 2.11. The Morgan fingerprint density at radius 2 is 2.17 bits per heavy atom. The highest BCUT2D eigenvalue weighted by atomic mass is 35.5. The molecule has 1 aromatic rings. The summed E-state index contributed by atoms with van der Waals surface area (Å²) in [6, 6.07) is 1.85. The number of halogens is 4. The van der Waals surface area contributed by atoms with Crippen LogP contribution in [0.4, 0.5) is 13.2 Å². The smallest absolute Gasteiger partial charge is 0.349 e. The van der Waals surface area contributed by atoms with E-state index in [9.17, 15) is 18.0 Å². The number of nitrogens with one attached hydrogen (secondary N) is 1. The molecule has 1 heterocycles. The zero-order valence-electron chi connectivity index (χ0n) is 9.59. The van der Waals surface area contributed by atoms with E-state index in [0.717, 1.165) is 12.1 Å². The van der Waals surface area contributed by atoms with E-state index < -0.39 is 17.6 Å². The van der Waals surface area contributed by atoms with Gasteiger partial charge >= 0.3 is 6.18 Å². The summed E-state index contributed by atoms with van der Waals surface area (Å²) < 4.78 is 36.8. The molecule has 1 amide bonds. The van der Waals surface area contributed by atoms with E-state index >= 15 is 0 Å². The zero-order valence-corrected chi connectivity index (χ0v) is 10.3. The van der Waals surface area contributed by atoms with Crippen LogP contribution < -0.4 is 5.32 Å². The van der Waals surface area contributed by atoms with E-state index in [-0.39, 0.29) is 17.6 Å². The summed E-state index contributed by atoms with van der Waals surface area (Å²) >= 11 is 5.80. The summed E-state index contributed by atoms with van der Waals surface area (Å²) in [5, 5.41) is 2.29. The minimum Gasteiger partial charge on any atom is -0.349 e. The quantitative estimate of drug-likeness (QED) is 0.862. The largest absolute Gasteiger partial charge is 0.417 e. The fourth-order valence-corrected chi connectivity index (χ4v) is 1.21. The lowest BCUT2D eigenvalue weighted by Gasteiger charge is -2.09.